The van der Waals surface area contributed by atoms with E-state index in [2.05, 4.69) is 15.4 Å². The molecule has 19 heavy (non-hydrogen) atoms. The molecule has 0 saturated carbocycles. The molecule has 0 spiro atoms. The minimum atomic E-state index is -0.220. The van der Waals surface area contributed by atoms with Crippen molar-refractivity contribution in [1.29, 1.82) is 0 Å². The van der Waals surface area contributed by atoms with Crippen molar-refractivity contribution in [3.63, 3.8) is 0 Å². The van der Waals surface area contributed by atoms with Gasteiger partial charge in [-0.25, -0.2) is 0 Å². The maximum absolute atomic E-state index is 12.0. The standard InChI is InChI=1S/C14H12N4O/c1-18-13-8-11(6-5-10(13)9-16-18)17-14(19)12-4-2-3-7-15-12/h2-9H,1H3,(H,17,19). The van der Waals surface area contributed by atoms with Crippen LogP contribution in [0.5, 0.6) is 0 Å². The number of rotatable bonds is 2. The van der Waals surface area contributed by atoms with E-state index >= 15 is 0 Å². The molecule has 1 amide bonds. The molecular weight excluding hydrogens is 240 g/mol. The number of nitrogens with one attached hydrogen (secondary N) is 1. The van der Waals surface area contributed by atoms with Crippen LogP contribution in [0.25, 0.3) is 10.9 Å². The van der Waals surface area contributed by atoms with E-state index in [1.54, 1.807) is 35.3 Å². The number of pyridine rings is 1. The summed E-state index contributed by atoms with van der Waals surface area (Å²) in [6, 6.07) is 10.9. The van der Waals surface area contributed by atoms with Crippen molar-refractivity contribution in [2.24, 2.45) is 7.05 Å². The zero-order valence-electron chi connectivity index (χ0n) is 10.4. The molecule has 1 aromatic carbocycles. The monoisotopic (exact) mass is 252 g/mol. The van der Waals surface area contributed by atoms with Gasteiger partial charge in [-0.3, -0.25) is 14.5 Å². The Labute approximate surface area is 109 Å². The summed E-state index contributed by atoms with van der Waals surface area (Å²) in [5, 5.41) is 8.03. The Morgan fingerprint density at radius 1 is 1.26 bits per heavy atom. The fraction of sp³-hybridized carbons (Fsp3) is 0.0714. The van der Waals surface area contributed by atoms with Gasteiger partial charge in [0, 0.05) is 24.3 Å². The minimum Gasteiger partial charge on any atom is -0.321 e. The number of carbonyl (C=O) groups excluding carboxylic acids is 1. The van der Waals surface area contributed by atoms with Gasteiger partial charge in [-0.05, 0) is 30.3 Å². The van der Waals surface area contributed by atoms with Crippen LogP contribution in [0.1, 0.15) is 10.5 Å². The lowest BCUT2D eigenvalue weighted by atomic mass is 10.2. The number of hydrogen-bond donors (Lipinski definition) is 1. The van der Waals surface area contributed by atoms with Gasteiger partial charge >= 0.3 is 0 Å². The highest BCUT2D eigenvalue weighted by Crippen LogP contribution is 2.18. The quantitative estimate of drug-likeness (QED) is 0.760. The number of aromatic nitrogens is 3. The lowest BCUT2D eigenvalue weighted by molar-refractivity contribution is 0.102. The van der Waals surface area contributed by atoms with E-state index in [-0.39, 0.29) is 5.91 Å². The first-order chi connectivity index (χ1) is 9.24. The van der Waals surface area contributed by atoms with Crippen molar-refractivity contribution in [3.8, 4) is 0 Å². The number of benzene rings is 1. The number of carbonyl (C=O) groups is 1. The molecule has 0 saturated heterocycles. The zero-order valence-corrected chi connectivity index (χ0v) is 10.4. The van der Waals surface area contributed by atoms with Crippen LogP contribution in [0.3, 0.4) is 0 Å². The molecule has 3 aromatic rings. The summed E-state index contributed by atoms with van der Waals surface area (Å²) >= 11 is 0. The Hall–Kier alpha value is -2.69. The van der Waals surface area contributed by atoms with Gasteiger partial charge in [0.25, 0.3) is 5.91 Å². The third-order valence-corrected chi connectivity index (χ3v) is 2.90. The third-order valence-electron chi connectivity index (χ3n) is 2.90. The van der Waals surface area contributed by atoms with E-state index < -0.39 is 0 Å². The van der Waals surface area contributed by atoms with Crippen LogP contribution >= 0.6 is 0 Å². The summed E-state index contributed by atoms with van der Waals surface area (Å²) in [7, 11) is 1.87. The summed E-state index contributed by atoms with van der Waals surface area (Å²) in [6.07, 6.45) is 3.39. The van der Waals surface area contributed by atoms with E-state index in [1.165, 1.54) is 0 Å². The van der Waals surface area contributed by atoms with Crippen LogP contribution in [0.2, 0.25) is 0 Å². The normalized spacial score (nSPS) is 10.6. The van der Waals surface area contributed by atoms with Crippen LogP contribution < -0.4 is 5.32 Å². The van der Waals surface area contributed by atoms with Gasteiger partial charge in [-0.2, -0.15) is 5.10 Å². The average molecular weight is 252 g/mol. The molecule has 3 rings (SSSR count). The molecule has 0 radical (unpaired) electrons. The van der Waals surface area contributed by atoms with Crippen molar-refractivity contribution in [3.05, 3.63) is 54.5 Å². The van der Waals surface area contributed by atoms with E-state index in [0.717, 1.165) is 16.6 Å². The second-order valence-electron chi connectivity index (χ2n) is 4.21. The first-order valence-electron chi connectivity index (χ1n) is 5.88. The van der Waals surface area contributed by atoms with Crippen molar-refractivity contribution in [2.75, 3.05) is 5.32 Å². The molecular formula is C14H12N4O. The summed E-state index contributed by atoms with van der Waals surface area (Å²) in [5.41, 5.74) is 2.10. The maximum Gasteiger partial charge on any atom is 0.274 e. The van der Waals surface area contributed by atoms with E-state index in [4.69, 9.17) is 0 Å². The summed E-state index contributed by atoms with van der Waals surface area (Å²) in [5.74, 6) is -0.220. The maximum atomic E-state index is 12.0. The molecule has 94 valence electrons. The van der Waals surface area contributed by atoms with E-state index in [9.17, 15) is 4.79 Å². The molecule has 2 heterocycles. The zero-order chi connectivity index (χ0) is 13.2. The first kappa shape index (κ1) is 11.4. The predicted molar refractivity (Wildman–Crippen MR) is 72.9 cm³/mol. The molecule has 0 fully saturated rings. The molecule has 5 nitrogen and oxygen atoms in total. The van der Waals surface area contributed by atoms with Crippen LogP contribution in [-0.4, -0.2) is 20.7 Å². The number of hydrogen-bond acceptors (Lipinski definition) is 3. The molecule has 0 bridgehead atoms. The molecule has 0 aliphatic rings. The number of aryl methyl sites for hydroxylation is 1. The van der Waals surface area contributed by atoms with Gasteiger partial charge in [0.15, 0.2) is 0 Å². The van der Waals surface area contributed by atoms with Crippen LogP contribution in [0.4, 0.5) is 5.69 Å². The Kier molecular flexibility index (Phi) is 2.72. The lowest BCUT2D eigenvalue weighted by Gasteiger charge is -2.05. The van der Waals surface area contributed by atoms with E-state index in [1.807, 2.05) is 25.2 Å². The van der Waals surface area contributed by atoms with Gasteiger partial charge < -0.3 is 5.32 Å². The minimum absolute atomic E-state index is 0.220. The number of anilines is 1. The summed E-state index contributed by atoms with van der Waals surface area (Å²) in [4.78, 5) is 16.0. The number of nitrogens with zero attached hydrogens (tertiary/aromatic N) is 3. The largest absolute Gasteiger partial charge is 0.321 e. The Balaban J connectivity index is 1.89. The fourth-order valence-electron chi connectivity index (χ4n) is 1.91. The van der Waals surface area contributed by atoms with Crippen molar-refractivity contribution < 1.29 is 4.79 Å². The van der Waals surface area contributed by atoms with Gasteiger partial charge in [-0.15, -0.1) is 0 Å². The van der Waals surface area contributed by atoms with Gasteiger partial charge in [0.05, 0.1) is 11.7 Å². The average Bonchev–Trinajstić information content (AvgIpc) is 2.81. The lowest BCUT2D eigenvalue weighted by Crippen LogP contribution is -2.13. The Morgan fingerprint density at radius 2 is 2.16 bits per heavy atom. The number of amides is 1. The van der Waals surface area contributed by atoms with Crippen molar-refractivity contribution >= 4 is 22.5 Å². The van der Waals surface area contributed by atoms with Crippen LogP contribution in [-0.2, 0) is 7.05 Å². The molecule has 0 aliphatic carbocycles. The van der Waals surface area contributed by atoms with Gasteiger partial charge in [0.1, 0.15) is 5.69 Å². The van der Waals surface area contributed by atoms with Crippen molar-refractivity contribution in [2.45, 2.75) is 0 Å². The van der Waals surface area contributed by atoms with Gasteiger partial charge in [0.2, 0.25) is 0 Å². The van der Waals surface area contributed by atoms with E-state index in [0.29, 0.717) is 5.69 Å². The second-order valence-corrected chi connectivity index (χ2v) is 4.21. The Morgan fingerprint density at radius 3 is 2.95 bits per heavy atom. The SMILES string of the molecule is Cn1ncc2ccc(NC(=O)c3ccccn3)cc21. The highest BCUT2D eigenvalue weighted by Gasteiger charge is 2.07. The third kappa shape index (κ3) is 2.18. The smallest absolute Gasteiger partial charge is 0.274 e. The molecule has 0 atom stereocenters. The predicted octanol–water partition coefficient (Wildman–Crippen LogP) is 2.22. The molecule has 5 heteroatoms. The molecule has 0 aliphatic heterocycles. The van der Waals surface area contributed by atoms with Crippen LogP contribution in [0, 0.1) is 0 Å². The Bertz CT molecular complexity index is 734. The summed E-state index contributed by atoms with van der Waals surface area (Å²) in [6.45, 7) is 0. The number of fused-ring (bicyclic) bond motifs is 1. The second kappa shape index (κ2) is 4.53. The molecule has 2 aromatic heterocycles. The van der Waals surface area contributed by atoms with Gasteiger partial charge in [-0.1, -0.05) is 6.07 Å². The topological polar surface area (TPSA) is 59.8 Å². The van der Waals surface area contributed by atoms with Crippen LogP contribution in [0.15, 0.2) is 48.8 Å². The van der Waals surface area contributed by atoms with Crippen molar-refractivity contribution in [1.82, 2.24) is 14.8 Å². The fourth-order valence-corrected chi connectivity index (χ4v) is 1.91. The highest BCUT2D eigenvalue weighted by atomic mass is 16.1. The molecule has 1 N–H and O–H groups in total. The highest BCUT2D eigenvalue weighted by molar-refractivity contribution is 6.03. The molecule has 0 unspecified atom stereocenters. The first-order valence-corrected chi connectivity index (χ1v) is 5.88. The summed E-state index contributed by atoms with van der Waals surface area (Å²) < 4.78 is 1.77.